The first kappa shape index (κ1) is 14.8. The van der Waals surface area contributed by atoms with E-state index in [-0.39, 0.29) is 18.0 Å². The molecule has 1 aliphatic carbocycles. The SMILES string of the molecule is NC(CC(=O)NC1CCc2ccccc2C1)c1ccccc1. The van der Waals surface area contributed by atoms with Gasteiger partial charge in [-0.1, -0.05) is 54.6 Å². The molecule has 0 aromatic heterocycles. The van der Waals surface area contributed by atoms with Crippen LogP contribution in [0.5, 0.6) is 0 Å². The minimum Gasteiger partial charge on any atom is -0.353 e. The summed E-state index contributed by atoms with van der Waals surface area (Å²) in [5.41, 5.74) is 9.89. The zero-order chi connectivity index (χ0) is 15.4. The minimum absolute atomic E-state index is 0.0423. The van der Waals surface area contributed by atoms with Crippen molar-refractivity contribution >= 4 is 5.91 Å². The number of fused-ring (bicyclic) bond motifs is 1. The Labute approximate surface area is 131 Å². The van der Waals surface area contributed by atoms with Crippen molar-refractivity contribution < 1.29 is 4.79 Å². The van der Waals surface area contributed by atoms with E-state index in [0.29, 0.717) is 6.42 Å². The fourth-order valence-corrected chi connectivity index (χ4v) is 3.13. The molecular formula is C19H22N2O. The number of aryl methyl sites for hydroxylation is 1. The molecular weight excluding hydrogens is 272 g/mol. The first-order valence-corrected chi connectivity index (χ1v) is 7.89. The van der Waals surface area contributed by atoms with Gasteiger partial charge in [0.2, 0.25) is 5.91 Å². The molecule has 2 aromatic rings. The molecule has 3 N–H and O–H groups in total. The van der Waals surface area contributed by atoms with E-state index in [1.807, 2.05) is 30.3 Å². The third kappa shape index (κ3) is 3.55. The maximum atomic E-state index is 12.2. The molecule has 0 saturated heterocycles. The van der Waals surface area contributed by atoms with Crippen LogP contribution in [-0.4, -0.2) is 11.9 Å². The number of benzene rings is 2. The van der Waals surface area contributed by atoms with Gasteiger partial charge in [0.25, 0.3) is 0 Å². The topological polar surface area (TPSA) is 55.1 Å². The highest BCUT2D eigenvalue weighted by Crippen LogP contribution is 2.21. The number of rotatable bonds is 4. The summed E-state index contributed by atoms with van der Waals surface area (Å²) in [7, 11) is 0. The van der Waals surface area contributed by atoms with Crippen molar-refractivity contribution in [1.82, 2.24) is 5.32 Å². The molecule has 0 aliphatic heterocycles. The van der Waals surface area contributed by atoms with Gasteiger partial charge < -0.3 is 11.1 Å². The number of amides is 1. The van der Waals surface area contributed by atoms with Crippen LogP contribution in [0.25, 0.3) is 0 Å². The predicted octanol–water partition coefficient (Wildman–Crippen LogP) is 2.75. The van der Waals surface area contributed by atoms with E-state index in [1.54, 1.807) is 0 Å². The van der Waals surface area contributed by atoms with Crippen molar-refractivity contribution in [1.29, 1.82) is 0 Å². The molecule has 1 aliphatic rings. The minimum atomic E-state index is -0.239. The van der Waals surface area contributed by atoms with E-state index < -0.39 is 0 Å². The predicted molar refractivity (Wildman–Crippen MR) is 88.4 cm³/mol. The van der Waals surface area contributed by atoms with Crippen molar-refractivity contribution in [2.75, 3.05) is 0 Å². The number of carbonyl (C=O) groups excluding carboxylic acids is 1. The summed E-state index contributed by atoms with van der Waals surface area (Å²) in [5.74, 6) is 0.0423. The molecule has 0 radical (unpaired) electrons. The standard InChI is InChI=1S/C19H22N2O/c20-18(15-7-2-1-3-8-15)13-19(22)21-17-11-10-14-6-4-5-9-16(14)12-17/h1-9,17-18H,10-13,20H2,(H,21,22). The molecule has 1 amide bonds. The zero-order valence-electron chi connectivity index (χ0n) is 12.7. The summed E-state index contributed by atoms with van der Waals surface area (Å²) < 4.78 is 0. The Kier molecular flexibility index (Phi) is 4.54. The Hall–Kier alpha value is -2.13. The van der Waals surface area contributed by atoms with Crippen LogP contribution < -0.4 is 11.1 Å². The average molecular weight is 294 g/mol. The van der Waals surface area contributed by atoms with E-state index >= 15 is 0 Å². The van der Waals surface area contributed by atoms with Crippen molar-refractivity contribution in [3.05, 3.63) is 71.3 Å². The van der Waals surface area contributed by atoms with Crippen LogP contribution in [-0.2, 0) is 17.6 Å². The number of hydrogen-bond donors (Lipinski definition) is 2. The van der Waals surface area contributed by atoms with Gasteiger partial charge >= 0.3 is 0 Å². The second kappa shape index (κ2) is 6.75. The molecule has 0 heterocycles. The van der Waals surface area contributed by atoms with E-state index in [4.69, 9.17) is 5.73 Å². The van der Waals surface area contributed by atoms with Gasteiger partial charge in [0, 0.05) is 18.5 Å². The second-order valence-corrected chi connectivity index (χ2v) is 6.00. The summed E-state index contributed by atoms with van der Waals surface area (Å²) in [5, 5.41) is 3.14. The molecule has 2 aromatic carbocycles. The fraction of sp³-hybridized carbons (Fsp3) is 0.316. The number of hydrogen-bond acceptors (Lipinski definition) is 2. The third-order valence-electron chi connectivity index (χ3n) is 4.34. The fourth-order valence-electron chi connectivity index (χ4n) is 3.13. The molecule has 0 fully saturated rings. The summed E-state index contributed by atoms with van der Waals surface area (Å²) >= 11 is 0. The molecule has 0 spiro atoms. The highest BCUT2D eigenvalue weighted by Gasteiger charge is 2.20. The highest BCUT2D eigenvalue weighted by molar-refractivity contribution is 5.77. The van der Waals surface area contributed by atoms with Gasteiger partial charge in [0.1, 0.15) is 0 Å². The van der Waals surface area contributed by atoms with Crippen LogP contribution in [0.3, 0.4) is 0 Å². The Morgan fingerprint density at radius 2 is 1.77 bits per heavy atom. The van der Waals surface area contributed by atoms with Gasteiger partial charge in [-0.2, -0.15) is 0 Å². The van der Waals surface area contributed by atoms with E-state index in [0.717, 1.165) is 24.8 Å². The van der Waals surface area contributed by atoms with Gasteiger partial charge in [-0.3, -0.25) is 4.79 Å². The Morgan fingerprint density at radius 1 is 1.09 bits per heavy atom. The summed E-state index contributed by atoms with van der Waals surface area (Å²) in [6.45, 7) is 0. The molecule has 2 unspecified atom stereocenters. The summed E-state index contributed by atoms with van der Waals surface area (Å²) in [6.07, 6.45) is 3.29. The van der Waals surface area contributed by atoms with Crippen molar-refractivity contribution in [3.8, 4) is 0 Å². The lowest BCUT2D eigenvalue weighted by Crippen LogP contribution is -2.39. The highest BCUT2D eigenvalue weighted by atomic mass is 16.1. The van der Waals surface area contributed by atoms with Crippen molar-refractivity contribution in [2.24, 2.45) is 5.73 Å². The maximum absolute atomic E-state index is 12.2. The van der Waals surface area contributed by atoms with Crippen LogP contribution in [0, 0.1) is 0 Å². The molecule has 114 valence electrons. The lowest BCUT2D eigenvalue weighted by molar-refractivity contribution is -0.122. The number of carbonyl (C=O) groups is 1. The Balaban J connectivity index is 1.55. The normalized spacial score (nSPS) is 18.3. The van der Waals surface area contributed by atoms with Crippen LogP contribution >= 0.6 is 0 Å². The first-order chi connectivity index (χ1) is 10.7. The van der Waals surface area contributed by atoms with Gasteiger partial charge in [-0.05, 0) is 36.0 Å². The van der Waals surface area contributed by atoms with Gasteiger partial charge in [-0.25, -0.2) is 0 Å². The average Bonchev–Trinajstić information content (AvgIpc) is 2.55. The van der Waals surface area contributed by atoms with Gasteiger partial charge in [0.15, 0.2) is 0 Å². The van der Waals surface area contributed by atoms with E-state index in [9.17, 15) is 4.79 Å². The molecule has 0 bridgehead atoms. The van der Waals surface area contributed by atoms with Crippen LogP contribution in [0.15, 0.2) is 54.6 Å². The van der Waals surface area contributed by atoms with Crippen LogP contribution in [0.1, 0.15) is 35.6 Å². The van der Waals surface area contributed by atoms with Crippen LogP contribution in [0.4, 0.5) is 0 Å². The number of nitrogens with two attached hydrogens (primary N) is 1. The quantitative estimate of drug-likeness (QED) is 0.911. The zero-order valence-corrected chi connectivity index (χ0v) is 12.7. The number of nitrogens with one attached hydrogen (secondary N) is 1. The Bertz CT molecular complexity index is 639. The second-order valence-electron chi connectivity index (χ2n) is 6.00. The van der Waals surface area contributed by atoms with E-state index in [2.05, 4.69) is 29.6 Å². The summed E-state index contributed by atoms with van der Waals surface area (Å²) in [4.78, 5) is 12.2. The largest absolute Gasteiger partial charge is 0.353 e. The molecule has 3 nitrogen and oxygen atoms in total. The molecule has 2 atom stereocenters. The molecule has 22 heavy (non-hydrogen) atoms. The lowest BCUT2D eigenvalue weighted by atomic mass is 9.88. The van der Waals surface area contributed by atoms with E-state index in [1.165, 1.54) is 11.1 Å². The molecule has 0 saturated carbocycles. The maximum Gasteiger partial charge on any atom is 0.222 e. The van der Waals surface area contributed by atoms with Gasteiger partial charge in [0.05, 0.1) is 0 Å². The first-order valence-electron chi connectivity index (χ1n) is 7.89. The smallest absolute Gasteiger partial charge is 0.222 e. The molecule has 3 heteroatoms. The Morgan fingerprint density at radius 3 is 2.55 bits per heavy atom. The van der Waals surface area contributed by atoms with Crippen molar-refractivity contribution in [2.45, 2.75) is 37.8 Å². The lowest BCUT2D eigenvalue weighted by Gasteiger charge is -2.26. The third-order valence-corrected chi connectivity index (χ3v) is 4.34. The summed E-state index contributed by atoms with van der Waals surface area (Å²) in [6, 6.07) is 18.3. The monoisotopic (exact) mass is 294 g/mol. The molecule has 3 rings (SSSR count). The van der Waals surface area contributed by atoms with Gasteiger partial charge in [-0.15, -0.1) is 0 Å². The van der Waals surface area contributed by atoms with Crippen molar-refractivity contribution in [3.63, 3.8) is 0 Å². The van der Waals surface area contributed by atoms with Crippen LogP contribution in [0.2, 0.25) is 0 Å².